The van der Waals surface area contributed by atoms with Crippen molar-refractivity contribution in [3.63, 3.8) is 0 Å². The van der Waals surface area contributed by atoms with E-state index in [1.165, 1.54) is 25.4 Å². The highest BCUT2D eigenvalue weighted by Crippen LogP contribution is 2.41. The maximum atomic E-state index is 14.2. The number of carbonyl (C=O) groups is 1. The van der Waals surface area contributed by atoms with Gasteiger partial charge in [0.05, 0.1) is 29.1 Å². The summed E-state index contributed by atoms with van der Waals surface area (Å²) in [6, 6.07) is 3.95. The maximum Gasteiger partial charge on any atom is 0.417 e. The second-order valence-electron chi connectivity index (χ2n) is 8.56. The molecule has 1 atom stereocenters. The smallest absolute Gasteiger partial charge is 0.358 e. The van der Waals surface area contributed by atoms with E-state index in [0.717, 1.165) is 23.0 Å². The fraction of sp³-hybridized carbons (Fsp3) is 0.160. The average molecular weight is 582 g/mol. The first-order chi connectivity index (χ1) is 19.3. The number of carbonyl (C=O) groups excluding carboxylic acids is 1. The Morgan fingerprint density at radius 2 is 1.66 bits per heavy atom. The number of aromatic nitrogens is 5. The van der Waals surface area contributed by atoms with Gasteiger partial charge < -0.3 is 9.84 Å². The van der Waals surface area contributed by atoms with Crippen LogP contribution in [0.1, 0.15) is 22.9 Å². The highest BCUT2D eigenvalue weighted by Gasteiger charge is 2.39. The number of amides is 1. The van der Waals surface area contributed by atoms with Crippen molar-refractivity contribution in [3.05, 3.63) is 83.4 Å². The lowest BCUT2D eigenvalue weighted by Gasteiger charge is -2.15. The number of likely N-dealkylation sites (N-methyl/N-ethyl adjacent to an activating group) is 1. The molecule has 0 saturated carbocycles. The van der Waals surface area contributed by atoms with Crippen molar-refractivity contribution in [2.45, 2.75) is 18.4 Å². The van der Waals surface area contributed by atoms with Crippen molar-refractivity contribution in [1.29, 1.82) is 0 Å². The number of alkyl halides is 6. The summed E-state index contributed by atoms with van der Waals surface area (Å²) in [5, 5.41) is 9.97. The minimum atomic E-state index is -5.17. The fourth-order valence-corrected chi connectivity index (χ4v) is 4.02. The maximum absolute atomic E-state index is 14.2. The van der Waals surface area contributed by atoms with E-state index in [1.54, 1.807) is 0 Å². The molecule has 41 heavy (non-hydrogen) atoms. The first kappa shape index (κ1) is 27.7. The first-order valence-corrected chi connectivity index (χ1v) is 11.4. The topological polar surface area (TPSA) is 98.7 Å². The molecule has 0 fully saturated rings. The van der Waals surface area contributed by atoms with Gasteiger partial charge in [-0.05, 0) is 24.3 Å². The molecule has 8 nitrogen and oxygen atoms in total. The third kappa shape index (κ3) is 5.19. The molecule has 1 N–H and O–H groups in total. The van der Waals surface area contributed by atoms with Crippen molar-refractivity contribution in [1.82, 2.24) is 30.2 Å². The van der Waals surface area contributed by atoms with E-state index in [9.17, 15) is 39.9 Å². The lowest BCUT2D eigenvalue weighted by molar-refractivity contribution is -0.142. The molecule has 2 aliphatic rings. The fourth-order valence-electron chi connectivity index (χ4n) is 4.02. The van der Waals surface area contributed by atoms with E-state index in [4.69, 9.17) is 4.52 Å². The number of rotatable bonds is 5. The summed E-state index contributed by atoms with van der Waals surface area (Å²) in [5.41, 5.74) is -4.32. The monoisotopic (exact) mass is 582 g/mol. The zero-order chi connectivity index (χ0) is 29.7. The number of hydrogen-bond acceptors (Lipinski definition) is 6. The molecule has 0 saturated heterocycles. The molecule has 212 valence electrons. The van der Waals surface area contributed by atoms with Gasteiger partial charge in [-0.3, -0.25) is 9.48 Å². The average Bonchev–Trinajstić information content (AvgIpc) is 3.56. The second kappa shape index (κ2) is 9.94. The Bertz CT molecular complexity index is 1730. The molecule has 0 bridgehead atoms. The summed E-state index contributed by atoms with van der Waals surface area (Å²) in [4.78, 5) is 21.1. The molecule has 2 aliphatic heterocycles. The van der Waals surface area contributed by atoms with Crippen LogP contribution >= 0.6 is 0 Å². The molecule has 5 rings (SSSR count). The van der Waals surface area contributed by atoms with E-state index in [1.807, 2.05) is 0 Å². The first-order valence-electron chi connectivity index (χ1n) is 11.4. The molecule has 1 unspecified atom stereocenters. The summed E-state index contributed by atoms with van der Waals surface area (Å²) in [5.74, 6) is -3.55. The highest BCUT2D eigenvalue weighted by molar-refractivity contribution is 5.83. The second-order valence-corrected chi connectivity index (χ2v) is 8.56. The Morgan fingerprint density at radius 3 is 2.34 bits per heavy atom. The third-order valence-electron chi connectivity index (χ3n) is 5.96. The van der Waals surface area contributed by atoms with Crippen LogP contribution in [-0.2, 0) is 17.1 Å². The lowest BCUT2D eigenvalue weighted by atomic mass is 10.00. The Balaban J connectivity index is 1.56. The van der Waals surface area contributed by atoms with Crippen molar-refractivity contribution < 1.29 is 44.4 Å². The van der Waals surface area contributed by atoms with Crippen molar-refractivity contribution in [2.24, 2.45) is 0 Å². The Labute approximate surface area is 224 Å². The van der Waals surface area contributed by atoms with Crippen LogP contribution in [0.5, 0.6) is 0 Å². The molecule has 0 spiro atoms. The van der Waals surface area contributed by atoms with Crippen LogP contribution in [0.2, 0.25) is 0 Å². The zero-order valence-electron chi connectivity index (χ0n) is 20.3. The summed E-state index contributed by atoms with van der Waals surface area (Å²) in [6.45, 7) is 0. The van der Waals surface area contributed by atoms with Crippen LogP contribution in [0.3, 0.4) is 0 Å². The molecule has 16 heteroatoms. The Kier molecular flexibility index (Phi) is 6.71. The minimum Gasteiger partial charge on any atom is -0.358 e. The number of halogens is 8. The Hall–Kier alpha value is -4.89. The van der Waals surface area contributed by atoms with Crippen LogP contribution in [0, 0.1) is 11.6 Å². The molecule has 1 amide bonds. The lowest BCUT2D eigenvalue weighted by Crippen LogP contribution is -2.31. The van der Waals surface area contributed by atoms with E-state index in [2.05, 4.69) is 25.5 Å². The van der Waals surface area contributed by atoms with Crippen LogP contribution in [-0.4, -0.2) is 37.9 Å². The number of nitrogens with one attached hydrogen (secondary N) is 1. The van der Waals surface area contributed by atoms with Gasteiger partial charge in [-0.1, -0.05) is 17.3 Å². The van der Waals surface area contributed by atoms with Gasteiger partial charge in [0.1, 0.15) is 17.1 Å². The molecular formula is C25H14F8N6O2. The number of hydrogen-bond donors (Lipinski definition) is 1. The van der Waals surface area contributed by atoms with Gasteiger partial charge in [0.25, 0.3) is 5.91 Å². The van der Waals surface area contributed by atoms with E-state index < -0.39 is 58.3 Å². The van der Waals surface area contributed by atoms with Gasteiger partial charge in [0.2, 0.25) is 0 Å². The van der Waals surface area contributed by atoms with E-state index in [0.29, 0.717) is 12.1 Å². The van der Waals surface area contributed by atoms with Gasteiger partial charge in [-0.25, -0.2) is 18.7 Å². The van der Waals surface area contributed by atoms with Crippen molar-refractivity contribution >= 4 is 5.91 Å². The molecule has 0 aliphatic carbocycles. The summed E-state index contributed by atoms with van der Waals surface area (Å²) in [6.07, 6.45) is -7.83. The summed E-state index contributed by atoms with van der Waals surface area (Å²) < 4.78 is 114. The van der Waals surface area contributed by atoms with Gasteiger partial charge in [0, 0.05) is 18.7 Å². The van der Waals surface area contributed by atoms with Gasteiger partial charge >= 0.3 is 12.4 Å². The molecule has 3 heterocycles. The number of fused-ring (bicyclic) bond motifs is 1. The number of nitrogens with zero attached hydrogens (tertiary/aromatic N) is 5. The predicted molar refractivity (Wildman–Crippen MR) is 124 cm³/mol. The molecular weight excluding hydrogens is 568 g/mol. The molecule has 2 aromatic carbocycles. The van der Waals surface area contributed by atoms with Crippen LogP contribution < -0.4 is 5.32 Å². The van der Waals surface area contributed by atoms with Gasteiger partial charge in [0.15, 0.2) is 29.3 Å². The standard InChI is InChI=1S/C25H14F8N6O2/c1-34-23(40)21(39-10-18-17(9-35-39)36-22(37-18)13-3-2-4-15(26)20(13)27)19-8-16(38-41-19)12-6-5-11(24(28,29)30)7-14(12)25(31,32)33/h2-10,21H,1H3,(H,34,40). The molecule has 0 radical (unpaired) electrons. The van der Waals surface area contributed by atoms with Crippen LogP contribution in [0.25, 0.3) is 34.0 Å². The van der Waals surface area contributed by atoms with Gasteiger partial charge in [-0.15, -0.1) is 0 Å². The van der Waals surface area contributed by atoms with Gasteiger partial charge in [-0.2, -0.15) is 31.4 Å². The van der Waals surface area contributed by atoms with Crippen LogP contribution in [0.4, 0.5) is 35.1 Å². The largest absolute Gasteiger partial charge is 0.417 e. The van der Waals surface area contributed by atoms with E-state index in [-0.39, 0.29) is 34.6 Å². The SMILES string of the molecule is CNC(=O)C(c1cc(-c2ccc(C(F)(F)F)cc2C(F)(F)F)no1)n1cc2nc(-c3cccc(F)c3F)nc-2cn1. The number of imidazole rings is 1. The van der Waals surface area contributed by atoms with Crippen molar-refractivity contribution in [3.8, 4) is 34.0 Å². The van der Waals surface area contributed by atoms with E-state index >= 15 is 0 Å². The molecule has 3 aromatic rings. The van der Waals surface area contributed by atoms with Crippen molar-refractivity contribution in [2.75, 3.05) is 7.05 Å². The summed E-state index contributed by atoms with van der Waals surface area (Å²) in [7, 11) is 1.26. The normalized spacial score (nSPS) is 13.0. The summed E-state index contributed by atoms with van der Waals surface area (Å²) >= 11 is 0. The quantitative estimate of drug-likeness (QED) is 0.265. The highest BCUT2D eigenvalue weighted by atomic mass is 19.4. The number of benzene rings is 2. The predicted octanol–water partition coefficient (Wildman–Crippen LogP) is 5.75. The third-order valence-corrected chi connectivity index (χ3v) is 5.96. The zero-order valence-corrected chi connectivity index (χ0v) is 20.3. The van der Waals surface area contributed by atoms with Crippen LogP contribution in [0.15, 0.2) is 59.4 Å². The Morgan fingerprint density at radius 1 is 0.927 bits per heavy atom. The minimum absolute atomic E-state index is 0.0444. The molecule has 1 aromatic heterocycles.